The van der Waals surface area contributed by atoms with E-state index in [1.165, 1.54) is 5.57 Å². The van der Waals surface area contributed by atoms with Crippen LogP contribution in [0.15, 0.2) is 12.2 Å². The highest BCUT2D eigenvalue weighted by atomic mass is 16.5. The molecule has 0 heterocycles. The van der Waals surface area contributed by atoms with Crippen molar-refractivity contribution in [3.8, 4) is 0 Å². The van der Waals surface area contributed by atoms with E-state index < -0.39 is 24.6 Å². The normalized spacial score (nSPS) is 10.8. The first-order valence-electron chi connectivity index (χ1n) is 5.08. The van der Waals surface area contributed by atoms with Crippen molar-refractivity contribution in [2.24, 2.45) is 0 Å². The summed E-state index contributed by atoms with van der Waals surface area (Å²) in [7, 11) is 0. The van der Waals surface area contributed by atoms with Crippen LogP contribution in [0.2, 0.25) is 0 Å². The molecule has 1 unspecified atom stereocenters. The van der Waals surface area contributed by atoms with Crippen molar-refractivity contribution in [3.63, 3.8) is 0 Å². The number of carbonyl (C=O) groups excluding carboxylic acids is 1. The number of rotatable bonds is 6. The maximum atomic E-state index is 10.7. The zero-order valence-electron chi connectivity index (χ0n) is 10.2. The fourth-order valence-corrected chi connectivity index (χ4v) is 0.523. The molecule has 0 aromatic carbocycles. The lowest BCUT2D eigenvalue weighted by Gasteiger charge is -2.07. The summed E-state index contributed by atoms with van der Waals surface area (Å²) < 4.78 is 4.43. The Labute approximate surface area is 101 Å². The lowest BCUT2D eigenvalue weighted by molar-refractivity contribution is -0.150. The van der Waals surface area contributed by atoms with E-state index in [4.69, 9.17) is 15.3 Å². The minimum Gasteiger partial charge on any atom is -0.481 e. The molecule has 0 aromatic heterocycles. The Balaban J connectivity index is 0. The quantitative estimate of drug-likeness (QED) is 0.462. The molecule has 3 N–H and O–H groups in total. The molecule has 0 saturated heterocycles. The monoisotopic (exact) mass is 248 g/mol. The van der Waals surface area contributed by atoms with E-state index >= 15 is 0 Å². The van der Waals surface area contributed by atoms with Crippen LogP contribution in [0.4, 0.5) is 0 Å². The van der Waals surface area contributed by atoms with Gasteiger partial charge in [-0.3, -0.25) is 9.59 Å². The van der Waals surface area contributed by atoms with Gasteiger partial charge in [0.15, 0.2) is 0 Å². The topological polar surface area (TPSA) is 104 Å². The molecule has 0 radical (unpaired) electrons. The molecule has 1 atom stereocenters. The second-order valence-corrected chi connectivity index (χ2v) is 3.62. The van der Waals surface area contributed by atoms with Crippen LogP contribution in [-0.4, -0.2) is 46.6 Å². The van der Waals surface area contributed by atoms with E-state index in [1.54, 1.807) is 0 Å². The summed E-state index contributed by atoms with van der Waals surface area (Å²) in [6.45, 7) is 6.70. The van der Waals surface area contributed by atoms with Gasteiger partial charge in [0.25, 0.3) is 0 Å². The van der Waals surface area contributed by atoms with Crippen molar-refractivity contribution >= 4 is 11.9 Å². The highest BCUT2D eigenvalue weighted by molar-refractivity contribution is 5.76. The number of ether oxygens (including phenoxy) is 1. The van der Waals surface area contributed by atoms with Crippen LogP contribution in [0, 0.1) is 0 Å². The van der Waals surface area contributed by atoms with Gasteiger partial charge in [-0.2, -0.15) is 0 Å². The van der Waals surface area contributed by atoms with Gasteiger partial charge in [-0.25, -0.2) is 0 Å². The van der Waals surface area contributed by atoms with Crippen LogP contribution in [0.25, 0.3) is 0 Å². The van der Waals surface area contributed by atoms with E-state index in [-0.39, 0.29) is 19.4 Å². The zero-order valence-corrected chi connectivity index (χ0v) is 10.2. The van der Waals surface area contributed by atoms with Crippen LogP contribution in [0.3, 0.4) is 0 Å². The molecular weight excluding hydrogens is 228 g/mol. The predicted octanol–water partition coefficient (Wildman–Crippen LogP) is 0.330. The molecule has 0 amide bonds. The summed E-state index contributed by atoms with van der Waals surface area (Å²) in [6, 6.07) is 0. The molecule has 0 fully saturated rings. The fourth-order valence-electron chi connectivity index (χ4n) is 0.523. The molecule has 0 rings (SSSR count). The van der Waals surface area contributed by atoms with Crippen molar-refractivity contribution in [3.05, 3.63) is 12.2 Å². The number of carboxylic acid groups (broad SMARTS) is 1. The Morgan fingerprint density at radius 2 is 1.76 bits per heavy atom. The van der Waals surface area contributed by atoms with E-state index in [2.05, 4.69) is 11.3 Å². The summed E-state index contributed by atoms with van der Waals surface area (Å²) >= 11 is 0. The van der Waals surface area contributed by atoms with Crippen molar-refractivity contribution < 1.29 is 29.6 Å². The van der Waals surface area contributed by atoms with Crippen molar-refractivity contribution in [2.45, 2.75) is 32.8 Å². The van der Waals surface area contributed by atoms with Gasteiger partial charge in [-0.1, -0.05) is 5.57 Å². The Kier molecular flexibility index (Phi) is 11.7. The third kappa shape index (κ3) is 20.6. The highest BCUT2D eigenvalue weighted by Gasteiger charge is 2.09. The standard InChI is InChI=1S/C7H12O6.C4H8/c8-3-5(9)4-13-7(12)2-1-6(10)11;1-4(2)3/h5,8-9H,1-4H2,(H,10,11);1H2,2-3H3. The molecule has 0 aliphatic carbocycles. The molecule has 6 nitrogen and oxygen atoms in total. The number of esters is 1. The lowest BCUT2D eigenvalue weighted by Crippen LogP contribution is -2.22. The Hall–Kier alpha value is -1.40. The van der Waals surface area contributed by atoms with Crippen LogP contribution in [0.5, 0.6) is 0 Å². The molecule has 0 bridgehead atoms. The number of carbonyl (C=O) groups is 2. The molecule has 100 valence electrons. The Bertz CT molecular complexity index is 244. The number of aliphatic hydroxyl groups excluding tert-OH is 2. The van der Waals surface area contributed by atoms with Gasteiger partial charge in [0.1, 0.15) is 12.7 Å². The summed E-state index contributed by atoms with van der Waals surface area (Å²) in [4.78, 5) is 20.7. The summed E-state index contributed by atoms with van der Waals surface area (Å²) in [5.74, 6) is -1.78. The van der Waals surface area contributed by atoms with Gasteiger partial charge in [0.05, 0.1) is 19.4 Å². The average Bonchev–Trinajstić information content (AvgIpc) is 2.22. The maximum absolute atomic E-state index is 10.7. The second kappa shape index (κ2) is 11.1. The van der Waals surface area contributed by atoms with E-state index in [9.17, 15) is 9.59 Å². The van der Waals surface area contributed by atoms with Gasteiger partial charge in [0, 0.05) is 0 Å². The largest absolute Gasteiger partial charge is 0.481 e. The second-order valence-electron chi connectivity index (χ2n) is 3.62. The summed E-state index contributed by atoms with van der Waals surface area (Å²) in [6.07, 6.45) is -1.63. The molecule has 0 saturated carbocycles. The third-order valence-corrected chi connectivity index (χ3v) is 1.19. The zero-order chi connectivity index (χ0) is 13.8. The molecule has 0 aromatic rings. The van der Waals surface area contributed by atoms with Crippen molar-refractivity contribution in [1.29, 1.82) is 0 Å². The molecule has 6 heteroatoms. The van der Waals surface area contributed by atoms with Crippen LogP contribution >= 0.6 is 0 Å². The van der Waals surface area contributed by atoms with E-state index in [1.807, 2.05) is 13.8 Å². The van der Waals surface area contributed by atoms with E-state index in [0.717, 1.165) is 0 Å². The van der Waals surface area contributed by atoms with Crippen LogP contribution in [0.1, 0.15) is 26.7 Å². The Morgan fingerprint density at radius 3 is 2.12 bits per heavy atom. The number of aliphatic carboxylic acids is 1. The fraction of sp³-hybridized carbons (Fsp3) is 0.636. The lowest BCUT2D eigenvalue weighted by atomic mass is 10.3. The predicted molar refractivity (Wildman–Crippen MR) is 61.4 cm³/mol. The molecule has 0 aliphatic heterocycles. The summed E-state index contributed by atoms with van der Waals surface area (Å²) in [5, 5.41) is 25.3. The van der Waals surface area contributed by atoms with Crippen molar-refractivity contribution in [2.75, 3.05) is 13.2 Å². The smallest absolute Gasteiger partial charge is 0.306 e. The number of carboxylic acids is 1. The van der Waals surface area contributed by atoms with Gasteiger partial charge < -0.3 is 20.1 Å². The van der Waals surface area contributed by atoms with Gasteiger partial charge in [-0.05, 0) is 13.8 Å². The molecule has 0 spiro atoms. The average molecular weight is 248 g/mol. The first-order chi connectivity index (χ1) is 7.79. The number of allylic oxidation sites excluding steroid dienone is 1. The van der Waals surface area contributed by atoms with Gasteiger partial charge in [0.2, 0.25) is 0 Å². The number of hydrogen-bond acceptors (Lipinski definition) is 5. The first kappa shape index (κ1) is 18.0. The highest BCUT2D eigenvalue weighted by Crippen LogP contribution is 1.94. The third-order valence-electron chi connectivity index (χ3n) is 1.19. The molecular formula is C11H20O6. The number of aliphatic hydroxyl groups is 2. The minimum atomic E-state index is -1.10. The molecule has 0 aliphatic rings. The number of hydrogen-bond donors (Lipinski definition) is 3. The van der Waals surface area contributed by atoms with Crippen molar-refractivity contribution in [1.82, 2.24) is 0 Å². The maximum Gasteiger partial charge on any atom is 0.306 e. The minimum absolute atomic E-state index is 0.229. The first-order valence-corrected chi connectivity index (χ1v) is 5.08. The van der Waals surface area contributed by atoms with Crippen LogP contribution in [-0.2, 0) is 14.3 Å². The Morgan fingerprint density at radius 1 is 1.29 bits per heavy atom. The van der Waals surface area contributed by atoms with E-state index in [0.29, 0.717) is 0 Å². The van der Waals surface area contributed by atoms with Gasteiger partial charge in [-0.15, -0.1) is 6.58 Å². The summed E-state index contributed by atoms with van der Waals surface area (Å²) in [5.41, 5.74) is 1.17. The molecule has 17 heavy (non-hydrogen) atoms. The SMILES string of the molecule is C=C(C)C.O=C(O)CCC(=O)OCC(O)CO. The van der Waals surface area contributed by atoms with Crippen LogP contribution < -0.4 is 0 Å². The van der Waals surface area contributed by atoms with Gasteiger partial charge >= 0.3 is 11.9 Å².